The van der Waals surface area contributed by atoms with Crippen molar-refractivity contribution in [3.05, 3.63) is 53.6 Å². The molecule has 0 aromatic carbocycles. The average Bonchev–Trinajstić information content (AvgIpc) is 3.25. The van der Waals surface area contributed by atoms with Crippen LogP contribution in [0.25, 0.3) is 5.52 Å². The predicted octanol–water partition coefficient (Wildman–Crippen LogP) is 0.973. The zero-order valence-corrected chi connectivity index (χ0v) is 13.0. The summed E-state index contributed by atoms with van der Waals surface area (Å²) in [6.45, 7) is 1.50. The van der Waals surface area contributed by atoms with E-state index in [1.54, 1.807) is 38.6 Å². The molecule has 0 fully saturated rings. The Bertz CT molecular complexity index is 942. The third kappa shape index (κ3) is 2.32. The number of hydrogen-bond donors (Lipinski definition) is 0. The second kappa shape index (κ2) is 5.48. The van der Waals surface area contributed by atoms with Gasteiger partial charge in [-0.05, 0) is 24.3 Å². The van der Waals surface area contributed by atoms with Crippen LogP contribution in [0.2, 0.25) is 0 Å². The van der Waals surface area contributed by atoms with Gasteiger partial charge in [-0.25, -0.2) is 9.31 Å². The van der Waals surface area contributed by atoms with Crippen molar-refractivity contribution in [2.24, 2.45) is 0 Å². The molecule has 122 valence electrons. The minimum absolute atomic E-state index is 0.0502. The van der Waals surface area contributed by atoms with Crippen LogP contribution < -0.4 is 0 Å². The minimum Gasteiger partial charge on any atom is -0.464 e. The largest absolute Gasteiger partial charge is 0.464 e. The Morgan fingerprint density at radius 3 is 2.92 bits per heavy atom. The lowest BCUT2D eigenvalue weighted by Gasteiger charge is -2.27. The van der Waals surface area contributed by atoms with Crippen molar-refractivity contribution in [2.75, 3.05) is 13.7 Å². The van der Waals surface area contributed by atoms with Gasteiger partial charge in [0.25, 0.3) is 5.91 Å². The molecule has 0 radical (unpaired) electrons. The summed E-state index contributed by atoms with van der Waals surface area (Å²) in [7, 11) is 1.32. The van der Waals surface area contributed by atoms with Crippen LogP contribution in [-0.4, -0.2) is 49.8 Å². The molecule has 0 N–H and O–H groups in total. The normalized spacial score (nSPS) is 13.8. The van der Waals surface area contributed by atoms with E-state index in [1.807, 2.05) is 12.1 Å². The van der Waals surface area contributed by atoms with Gasteiger partial charge < -0.3 is 9.64 Å². The van der Waals surface area contributed by atoms with Crippen LogP contribution in [0.15, 0.2) is 36.7 Å². The Kier molecular flexibility index (Phi) is 3.30. The zero-order chi connectivity index (χ0) is 16.7. The summed E-state index contributed by atoms with van der Waals surface area (Å²) in [6.07, 6.45) is 3.46. The maximum atomic E-state index is 12.7. The fourth-order valence-corrected chi connectivity index (χ4v) is 2.88. The number of esters is 1. The Morgan fingerprint density at radius 2 is 2.08 bits per heavy atom. The van der Waals surface area contributed by atoms with E-state index in [1.165, 1.54) is 7.11 Å². The van der Waals surface area contributed by atoms with Crippen molar-refractivity contribution in [3.63, 3.8) is 0 Å². The average molecular weight is 325 g/mol. The SMILES string of the molecule is COC(=O)c1cc2n(n1)CCN(C(=O)c1ccn3nccc3c1)C2. The van der Waals surface area contributed by atoms with Gasteiger partial charge in [-0.1, -0.05) is 0 Å². The van der Waals surface area contributed by atoms with Crippen LogP contribution in [0.5, 0.6) is 0 Å². The predicted molar refractivity (Wildman–Crippen MR) is 83.5 cm³/mol. The number of pyridine rings is 1. The molecule has 4 rings (SSSR count). The van der Waals surface area contributed by atoms with Crippen molar-refractivity contribution in [2.45, 2.75) is 13.1 Å². The van der Waals surface area contributed by atoms with Gasteiger partial charge in [-0.2, -0.15) is 10.2 Å². The molecule has 3 aromatic heterocycles. The minimum atomic E-state index is -0.471. The Balaban J connectivity index is 1.58. The van der Waals surface area contributed by atoms with Crippen molar-refractivity contribution in [1.82, 2.24) is 24.3 Å². The quantitative estimate of drug-likeness (QED) is 0.656. The van der Waals surface area contributed by atoms with Gasteiger partial charge in [0, 0.05) is 24.5 Å². The fourth-order valence-electron chi connectivity index (χ4n) is 2.88. The summed E-state index contributed by atoms with van der Waals surface area (Å²) in [6, 6.07) is 7.10. The van der Waals surface area contributed by atoms with E-state index >= 15 is 0 Å². The highest BCUT2D eigenvalue weighted by Gasteiger charge is 2.25. The standard InChI is InChI=1S/C16H15N5O3/c1-24-16(23)14-9-13-10-19(6-7-21(13)18-14)15(22)11-3-5-20-12(8-11)2-4-17-20/h2-5,8-9H,6-7,10H2,1H3. The highest BCUT2D eigenvalue weighted by Crippen LogP contribution is 2.17. The number of carbonyl (C=O) groups excluding carboxylic acids is 2. The highest BCUT2D eigenvalue weighted by molar-refractivity contribution is 5.95. The molecule has 3 aromatic rings. The smallest absolute Gasteiger partial charge is 0.358 e. The van der Waals surface area contributed by atoms with Gasteiger partial charge in [0.05, 0.1) is 31.4 Å². The number of aromatic nitrogens is 4. The van der Waals surface area contributed by atoms with E-state index in [4.69, 9.17) is 0 Å². The maximum absolute atomic E-state index is 12.7. The van der Waals surface area contributed by atoms with E-state index in [0.29, 0.717) is 25.2 Å². The molecule has 1 amide bonds. The molecule has 8 nitrogen and oxygen atoms in total. The number of rotatable bonds is 2. The van der Waals surface area contributed by atoms with Crippen molar-refractivity contribution in [1.29, 1.82) is 0 Å². The summed E-state index contributed by atoms with van der Waals surface area (Å²) >= 11 is 0. The molecule has 4 heterocycles. The zero-order valence-electron chi connectivity index (χ0n) is 13.0. The highest BCUT2D eigenvalue weighted by atomic mass is 16.5. The first-order chi connectivity index (χ1) is 11.7. The second-order valence-corrected chi connectivity index (χ2v) is 5.58. The molecule has 0 atom stereocenters. The molecular weight excluding hydrogens is 310 g/mol. The molecule has 0 saturated heterocycles. The van der Waals surface area contributed by atoms with E-state index in [-0.39, 0.29) is 11.6 Å². The molecule has 0 aliphatic carbocycles. The first kappa shape index (κ1) is 14.4. The van der Waals surface area contributed by atoms with Crippen LogP contribution in [0.3, 0.4) is 0 Å². The third-order valence-corrected chi connectivity index (χ3v) is 4.13. The maximum Gasteiger partial charge on any atom is 0.358 e. The number of hydrogen-bond acceptors (Lipinski definition) is 5. The number of ether oxygens (including phenoxy) is 1. The van der Waals surface area contributed by atoms with Crippen LogP contribution in [0.4, 0.5) is 0 Å². The van der Waals surface area contributed by atoms with Gasteiger partial charge in [-0.3, -0.25) is 9.48 Å². The van der Waals surface area contributed by atoms with Crippen LogP contribution in [0, 0.1) is 0 Å². The van der Waals surface area contributed by atoms with E-state index in [9.17, 15) is 9.59 Å². The molecule has 0 spiro atoms. The lowest BCUT2D eigenvalue weighted by Crippen LogP contribution is -2.38. The van der Waals surface area contributed by atoms with E-state index in [0.717, 1.165) is 11.2 Å². The fraction of sp³-hybridized carbons (Fsp3) is 0.250. The molecule has 24 heavy (non-hydrogen) atoms. The summed E-state index contributed by atoms with van der Waals surface area (Å²) < 4.78 is 8.15. The summed E-state index contributed by atoms with van der Waals surface area (Å²) in [5, 5.41) is 8.34. The second-order valence-electron chi connectivity index (χ2n) is 5.58. The molecule has 8 heteroatoms. The summed E-state index contributed by atoms with van der Waals surface area (Å²) in [4.78, 5) is 26.1. The van der Waals surface area contributed by atoms with Gasteiger partial charge in [0.1, 0.15) is 0 Å². The number of nitrogens with zero attached hydrogens (tertiary/aromatic N) is 5. The van der Waals surface area contributed by atoms with Crippen LogP contribution in [0.1, 0.15) is 26.5 Å². The molecule has 0 bridgehead atoms. The molecule has 0 saturated carbocycles. The van der Waals surface area contributed by atoms with E-state index < -0.39 is 5.97 Å². The van der Waals surface area contributed by atoms with Gasteiger partial charge in [-0.15, -0.1) is 0 Å². The first-order valence-corrected chi connectivity index (χ1v) is 7.53. The topological polar surface area (TPSA) is 81.7 Å². The lowest BCUT2D eigenvalue weighted by molar-refractivity contribution is 0.0591. The molecule has 1 aliphatic heterocycles. The Morgan fingerprint density at radius 1 is 1.21 bits per heavy atom. The molecular formula is C16H15N5O3. The van der Waals surface area contributed by atoms with E-state index in [2.05, 4.69) is 14.9 Å². The van der Waals surface area contributed by atoms with Crippen LogP contribution >= 0.6 is 0 Å². The summed E-state index contributed by atoms with van der Waals surface area (Å²) in [5.41, 5.74) is 2.57. The third-order valence-electron chi connectivity index (χ3n) is 4.13. The number of methoxy groups -OCH3 is 1. The number of carbonyl (C=O) groups is 2. The van der Waals surface area contributed by atoms with Gasteiger partial charge in [0.15, 0.2) is 5.69 Å². The Hall–Kier alpha value is -3.16. The monoisotopic (exact) mass is 325 g/mol. The van der Waals surface area contributed by atoms with Crippen molar-refractivity contribution in [3.8, 4) is 0 Å². The van der Waals surface area contributed by atoms with Gasteiger partial charge in [0.2, 0.25) is 0 Å². The van der Waals surface area contributed by atoms with Gasteiger partial charge >= 0.3 is 5.97 Å². The number of fused-ring (bicyclic) bond motifs is 2. The lowest BCUT2D eigenvalue weighted by atomic mass is 10.2. The first-order valence-electron chi connectivity index (χ1n) is 7.53. The van der Waals surface area contributed by atoms with Crippen molar-refractivity contribution >= 4 is 17.4 Å². The van der Waals surface area contributed by atoms with Crippen molar-refractivity contribution < 1.29 is 14.3 Å². The summed E-state index contributed by atoms with van der Waals surface area (Å²) in [5.74, 6) is -0.522. The molecule has 1 aliphatic rings. The Labute approximate surface area is 137 Å². The molecule has 0 unspecified atom stereocenters. The van der Waals surface area contributed by atoms with Crippen LogP contribution in [-0.2, 0) is 17.8 Å². The number of amides is 1.